The Hall–Kier alpha value is -1.39. The van der Waals surface area contributed by atoms with Crippen LogP contribution in [0.5, 0.6) is 0 Å². The first-order valence-corrected chi connectivity index (χ1v) is 11.8. The van der Waals surface area contributed by atoms with E-state index >= 15 is 0 Å². The van der Waals surface area contributed by atoms with E-state index in [1.54, 1.807) is 0 Å². The Morgan fingerprint density at radius 1 is 1.07 bits per heavy atom. The first-order valence-electron chi connectivity index (χ1n) is 11.8. The van der Waals surface area contributed by atoms with Crippen molar-refractivity contribution in [2.24, 2.45) is 5.92 Å². The number of amides is 1. The highest BCUT2D eigenvalue weighted by Gasteiger charge is 2.42. The van der Waals surface area contributed by atoms with E-state index in [4.69, 9.17) is 9.47 Å². The van der Waals surface area contributed by atoms with Gasteiger partial charge in [0.25, 0.3) is 0 Å². The maximum absolute atomic E-state index is 12.9. The van der Waals surface area contributed by atoms with Crippen molar-refractivity contribution in [3.63, 3.8) is 0 Å². The Morgan fingerprint density at radius 3 is 2.40 bits per heavy atom. The lowest BCUT2D eigenvalue weighted by molar-refractivity contribution is -0.134. The monoisotopic (exact) mass is 415 g/mol. The van der Waals surface area contributed by atoms with Crippen LogP contribution in [0, 0.1) is 5.92 Å². The van der Waals surface area contributed by atoms with Gasteiger partial charge in [-0.15, -0.1) is 0 Å². The second kappa shape index (κ2) is 9.40. The molecule has 1 amide bonds. The number of ether oxygens (including phenoxy) is 2. The first-order chi connectivity index (χ1) is 14.1. The lowest BCUT2D eigenvalue weighted by Crippen LogP contribution is -2.47. The number of hydrogen-bond acceptors (Lipinski definition) is 3. The molecule has 0 radical (unpaired) electrons. The van der Waals surface area contributed by atoms with Gasteiger partial charge in [-0.1, -0.05) is 37.3 Å². The van der Waals surface area contributed by atoms with Gasteiger partial charge in [0.1, 0.15) is 0 Å². The molecule has 2 saturated heterocycles. The van der Waals surface area contributed by atoms with Crippen LogP contribution >= 0.6 is 0 Å². The summed E-state index contributed by atoms with van der Waals surface area (Å²) in [7, 11) is 0. The summed E-state index contributed by atoms with van der Waals surface area (Å²) < 4.78 is 12.0. The van der Waals surface area contributed by atoms with Crippen LogP contribution in [0.2, 0.25) is 0 Å². The summed E-state index contributed by atoms with van der Waals surface area (Å²) >= 11 is 0. The van der Waals surface area contributed by atoms with Gasteiger partial charge in [0, 0.05) is 38.1 Å². The Bertz CT molecular complexity index is 699. The smallest absolute Gasteiger partial charge is 0.222 e. The molecule has 0 saturated carbocycles. The van der Waals surface area contributed by atoms with E-state index in [0.717, 1.165) is 58.4 Å². The number of hydrogen-bond donors (Lipinski definition) is 0. The van der Waals surface area contributed by atoms with Crippen LogP contribution in [0.1, 0.15) is 78.7 Å². The average Bonchev–Trinajstić information content (AvgIpc) is 2.70. The minimum atomic E-state index is -0.140. The molecular formula is C26H41NO3. The molecule has 3 rings (SSSR count). The van der Waals surface area contributed by atoms with Gasteiger partial charge >= 0.3 is 0 Å². The molecule has 0 spiro atoms. The average molecular weight is 416 g/mol. The van der Waals surface area contributed by atoms with Crippen molar-refractivity contribution in [2.75, 3.05) is 26.3 Å². The zero-order chi connectivity index (χ0) is 21.8. The normalized spacial score (nSPS) is 28.1. The molecule has 0 N–H and O–H groups in total. The summed E-state index contributed by atoms with van der Waals surface area (Å²) in [6.45, 7) is 13.9. The van der Waals surface area contributed by atoms with Crippen molar-refractivity contribution in [3.05, 3.63) is 35.9 Å². The van der Waals surface area contributed by atoms with E-state index in [1.807, 2.05) is 6.92 Å². The lowest BCUT2D eigenvalue weighted by Gasteiger charge is -2.46. The van der Waals surface area contributed by atoms with Gasteiger partial charge in [-0.2, -0.15) is 0 Å². The second-order valence-electron chi connectivity index (χ2n) is 10.6. The fraction of sp³-hybridized carbons (Fsp3) is 0.731. The molecule has 2 aliphatic heterocycles. The molecule has 168 valence electrons. The molecule has 2 atom stereocenters. The summed E-state index contributed by atoms with van der Waals surface area (Å²) in [5.41, 5.74) is 1.22. The van der Waals surface area contributed by atoms with E-state index in [0.29, 0.717) is 12.3 Å². The Kier molecular flexibility index (Phi) is 7.29. The van der Waals surface area contributed by atoms with E-state index in [-0.39, 0.29) is 22.5 Å². The summed E-state index contributed by atoms with van der Waals surface area (Å²) in [4.78, 5) is 15.0. The minimum absolute atomic E-state index is 0.0598. The van der Waals surface area contributed by atoms with Crippen LogP contribution in [-0.2, 0) is 19.7 Å². The quantitative estimate of drug-likeness (QED) is 0.603. The predicted molar refractivity (Wildman–Crippen MR) is 122 cm³/mol. The fourth-order valence-electron chi connectivity index (χ4n) is 5.59. The second-order valence-corrected chi connectivity index (χ2v) is 10.6. The summed E-state index contributed by atoms with van der Waals surface area (Å²) in [5.74, 6) is 0.789. The maximum Gasteiger partial charge on any atom is 0.222 e. The van der Waals surface area contributed by atoms with E-state index in [9.17, 15) is 4.79 Å². The summed E-state index contributed by atoms with van der Waals surface area (Å²) in [6, 6.07) is 10.9. The minimum Gasteiger partial charge on any atom is -0.376 e. The van der Waals surface area contributed by atoms with Gasteiger partial charge < -0.3 is 14.4 Å². The molecule has 0 aromatic heterocycles. The van der Waals surface area contributed by atoms with Gasteiger partial charge in [0.15, 0.2) is 0 Å². The van der Waals surface area contributed by atoms with Gasteiger partial charge in [0.05, 0.1) is 11.2 Å². The van der Waals surface area contributed by atoms with Crippen molar-refractivity contribution in [1.29, 1.82) is 0 Å². The molecular weight excluding hydrogens is 374 g/mol. The highest BCUT2D eigenvalue weighted by Crippen LogP contribution is 2.44. The third-order valence-electron chi connectivity index (χ3n) is 7.02. The predicted octanol–water partition coefficient (Wildman–Crippen LogP) is 5.35. The number of carbonyl (C=O) groups is 1. The van der Waals surface area contributed by atoms with Crippen molar-refractivity contribution in [3.8, 4) is 0 Å². The van der Waals surface area contributed by atoms with Crippen molar-refractivity contribution >= 4 is 5.91 Å². The zero-order valence-electron chi connectivity index (χ0n) is 19.7. The van der Waals surface area contributed by atoms with Crippen molar-refractivity contribution in [1.82, 2.24) is 4.90 Å². The molecule has 2 fully saturated rings. The number of carbonyl (C=O) groups excluding carboxylic acids is 1. The standard InChI is InChI=1S/C26H41NO3/c1-6-23(28)27(19-21-12-16-29-24(2,3)18-21)15-13-26(22-10-8-7-9-11-22)14-17-30-25(4,5)20-26/h7-11,21H,6,12-20H2,1-5H3. The third kappa shape index (κ3) is 5.85. The summed E-state index contributed by atoms with van der Waals surface area (Å²) in [5, 5.41) is 0. The maximum atomic E-state index is 12.9. The molecule has 30 heavy (non-hydrogen) atoms. The molecule has 2 heterocycles. The molecule has 2 unspecified atom stereocenters. The number of nitrogens with zero attached hydrogens (tertiary/aromatic N) is 1. The fourth-order valence-corrected chi connectivity index (χ4v) is 5.59. The third-order valence-corrected chi connectivity index (χ3v) is 7.02. The van der Waals surface area contributed by atoms with E-state index < -0.39 is 0 Å². The molecule has 1 aromatic carbocycles. The highest BCUT2D eigenvalue weighted by atomic mass is 16.5. The lowest BCUT2D eigenvalue weighted by atomic mass is 9.67. The van der Waals surface area contributed by atoms with Gasteiger partial charge in [0.2, 0.25) is 5.91 Å². The molecule has 4 heteroatoms. The number of rotatable bonds is 7. The van der Waals surface area contributed by atoms with Gasteiger partial charge in [-0.05, 0) is 71.3 Å². The largest absolute Gasteiger partial charge is 0.376 e. The SMILES string of the molecule is CCC(=O)N(CCC1(c2ccccc2)CCOC(C)(C)C1)CC1CCOC(C)(C)C1. The van der Waals surface area contributed by atoms with Crippen LogP contribution < -0.4 is 0 Å². The van der Waals surface area contributed by atoms with Crippen LogP contribution in [0.15, 0.2) is 30.3 Å². The molecule has 0 bridgehead atoms. The van der Waals surface area contributed by atoms with Crippen LogP contribution in [0.25, 0.3) is 0 Å². The molecule has 1 aromatic rings. The molecule has 0 aliphatic carbocycles. The Labute approximate surface area is 183 Å². The Balaban J connectivity index is 1.76. The van der Waals surface area contributed by atoms with Gasteiger partial charge in [-0.3, -0.25) is 4.79 Å². The Morgan fingerprint density at radius 2 is 1.77 bits per heavy atom. The number of benzene rings is 1. The first kappa shape index (κ1) is 23.3. The van der Waals surface area contributed by atoms with E-state index in [1.165, 1.54) is 5.56 Å². The molecule has 2 aliphatic rings. The van der Waals surface area contributed by atoms with E-state index in [2.05, 4.69) is 62.9 Å². The van der Waals surface area contributed by atoms with Crippen molar-refractivity contribution < 1.29 is 14.3 Å². The van der Waals surface area contributed by atoms with Crippen LogP contribution in [0.3, 0.4) is 0 Å². The highest BCUT2D eigenvalue weighted by molar-refractivity contribution is 5.75. The summed E-state index contributed by atoms with van der Waals surface area (Å²) in [6.07, 6.45) is 5.62. The van der Waals surface area contributed by atoms with Gasteiger partial charge in [-0.25, -0.2) is 0 Å². The van der Waals surface area contributed by atoms with Crippen molar-refractivity contribution in [2.45, 2.75) is 89.8 Å². The zero-order valence-corrected chi connectivity index (χ0v) is 19.7. The topological polar surface area (TPSA) is 38.8 Å². The molecule has 4 nitrogen and oxygen atoms in total. The van der Waals surface area contributed by atoms with Crippen LogP contribution in [0.4, 0.5) is 0 Å². The van der Waals surface area contributed by atoms with Crippen LogP contribution in [-0.4, -0.2) is 48.3 Å².